The number of fused-ring (bicyclic) bond motifs is 1. The van der Waals surface area contributed by atoms with E-state index in [1.54, 1.807) is 87.1 Å². The van der Waals surface area contributed by atoms with E-state index in [2.05, 4.69) is 4.98 Å². The molecule has 3 aromatic heterocycles. The molecule has 0 spiro atoms. The highest BCUT2D eigenvalue weighted by Gasteiger charge is 2.37. The minimum atomic E-state index is -1.24. The van der Waals surface area contributed by atoms with Gasteiger partial charge < -0.3 is 14.2 Å². The number of rotatable bonds is 9. The Kier molecular flexibility index (Phi) is 7.50. The molecule has 0 atom stereocenters. The zero-order valence-corrected chi connectivity index (χ0v) is 23.4. The molecule has 4 rings (SSSR count). The quantitative estimate of drug-likeness (QED) is 0.231. The number of hydrogen-bond donors (Lipinski definition) is 1. The maximum absolute atomic E-state index is 13.9. The standard InChI is InChI=1S/C29H29ClN2O5S/c1-28(2,3)26(34)23-21(13-29(4,5)27(35)36)24(25(33)17-6-8-18(30)9-7-17)32-11-10-20(12-22(23)32)37-14-19-15-38-16-31-19/h6-12,15-16H,13-14H2,1-5H3,(H,35,36). The number of aliphatic carboxylic acids is 1. The molecule has 4 aromatic rings. The van der Waals surface area contributed by atoms with Gasteiger partial charge in [-0.1, -0.05) is 32.4 Å². The lowest BCUT2D eigenvalue weighted by Gasteiger charge is -2.22. The Bertz CT molecular complexity index is 1510. The van der Waals surface area contributed by atoms with Gasteiger partial charge in [-0.25, -0.2) is 4.98 Å². The zero-order valence-electron chi connectivity index (χ0n) is 21.9. The third kappa shape index (κ3) is 5.51. The van der Waals surface area contributed by atoms with Gasteiger partial charge in [0.15, 0.2) is 5.78 Å². The summed E-state index contributed by atoms with van der Waals surface area (Å²) >= 11 is 7.51. The Morgan fingerprint density at radius 3 is 2.34 bits per heavy atom. The van der Waals surface area contributed by atoms with Crippen molar-refractivity contribution in [1.82, 2.24) is 9.38 Å². The summed E-state index contributed by atoms with van der Waals surface area (Å²) in [5, 5.41) is 12.3. The van der Waals surface area contributed by atoms with Crippen LogP contribution < -0.4 is 4.74 Å². The van der Waals surface area contributed by atoms with Gasteiger partial charge in [0.2, 0.25) is 5.78 Å². The molecule has 3 heterocycles. The van der Waals surface area contributed by atoms with E-state index in [4.69, 9.17) is 16.3 Å². The molecule has 0 bridgehead atoms. The first-order valence-electron chi connectivity index (χ1n) is 12.0. The molecule has 0 amide bonds. The highest BCUT2D eigenvalue weighted by atomic mass is 35.5. The molecule has 7 nitrogen and oxygen atoms in total. The summed E-state index contributed by atoms with van der Waals surface area (Å²) in [5.74, 6) is -1.06. The fourth-order valence-corrected chi connectivity index (χ4v) is 4.81. The molecule has 0 aliphatic heterocycles. The first-order chi connectivity index (χ1) is 17.8. The van der Waals surface area contributed by atoms with Gasteiger partial charge in [0.05, 0.1) is 27.8 Å². The largest absolute Gasteiger partial charge is 0.487 e. The lowest BCUT2D eigenvalue weighted by Crippen LogP contribution is -2.29. The van der Waals surface area contributed by atoms with Crippen LogP contribution in [0.25, 0.3) is 5.52 Å². The Labute approximate surface area is 230 Å². The first kappa shape index (κ1) is 27.5. The Hall–Kier alpha value is -3.49. The summed E-state index contributed by atoms with van der Waals surface area (Å²) < 4.78 is 7.62. The Morgan fingerprint density at radius 1 is 1.08 bits per heavy atom. The van der Waals surface area contributed by atoms with Crippen LogP contribution >= 0.6 is 22.9 Å². The zero-order chi connectivity index (χ0) is 27.8. The number of ketones is 2. The van der Waals surface area contributed by atoms with Crippen molar-refractivity contribution in [3.05, 3.63) is 86.6 Å². The number of Topliss-reactive ketones (excluding diaryl/α,β-unsaturated/α-hetero) is 1. The van der Waals surface area contributed by atoms with Gasteiger partial charge in [0, 0.05) is 39.2 Å². The van der Waals surface area contributed by atoms with Gasteiger partial charge in [-0.2, -0.15) is 0 Å². The van der Waals surface area contributed by atoms with Crippen LogP contribution in [0.1, 0.15) is 72.3 Å². The van der Waals surface area contributed by atoms with E-state index in [-0.39, 0.29) is 30.3 Å². The van der Waals surface area contributed by atoms with E-state index in [0.717, 1.165) is 5.69 Å². The smallest absolute Gasteiger partial charge is 0.309 e. The van der Waals surface area contributed by atoms with E-state index in [1.165, 1.54) is 11.3 Å². The molecule has 0 saturated heterocycles. The maximum atomic E-state index is 13.9. The second kappa shape index (κ2) is 10.3. The minimum Gasteiger partial charge on any atom is -0.487 e. The molecule has 38 heavy (non-hydrogen) atoms. The van der Waals surface area contributed by atoms with Crippen molar-refractivity contribution in [2.75, 3.05) is 0 Å². The van der Waals surface area contributed by atoms with Crippen LogP contribution in [-0.2, 0) is 17.8 Å². The Balaban J connectivity index is 1.98. The predicted molar refractivity (Wildman–Crippen MR) is 148 cm³/mol. The van der Waals surface area contributed by atoms with Gasteiger partial charge in [-0.15, -0.1) is 11.3 Å². The number of hydrogen-bond acceptors (Lipinski definition) is 6. The number of halogens is 1. The molecule has 9 heteroatoms. The van der Waals surface area contributed by atoms with Crippen LogP contribution in [0.5, 0.6) is 5.75 Å². The van der Waals surface area contributed by atoms with Crippen molar-refractivity contribution < 1.29 is 24.2 Å². The number of carboxylic acids is 1. The minimum absolute atomic E-state index is 0.0230. The molecule has 1 aromatic carbocycles. The molecule has 0 unspecified atom stereocenters. The van der Waals surface area contributed by atoms with E-state index in [0.29, 0.717) is 33.0 Å². The molecule has 0 saturated carbocycles. The molecule has 0 radical (unpaired) electrons. The Morgan fingerprint density at radius 2 is 1.76 bits per heavy atom. The molecule has 198 valence electrons. The fraction of sp³-hybridized carbons (Fsp3) is 0.310. The molecular formula is C29H29ClN2O5S. The number of nitrogens with zero attached hydrogens (tertiary/aromatic N) is 2. The van der Waals surface area contributed by atoms with Gasteiger partial charge in [0.25, 0.3) is 0 Å². The summed E-state index contributed by atoms with van der Waals surface area (Å²) in [7, 11) is 0. The van der Waals surface area contributed by atoms with Crippen LogP contribution in [-0.4, -0.2) is 32.0 Å². The average Bonchev–Trinajstić information content (AvgIpc) is 3.47. The first-order valence-corrected chi connectivity index (χ1v) is 13.4. The SMILES string of the molecule is CC(C)(C)C(=O)c1c(CC(C)(C)C(=O)O)c(C(=O)c2ccc(Cl)cc2)n2ccc(OCc3cscn3)cc12. The lowest BCUT2D eigenvalue weighted by molar-refractivity contribution is -0.146. The number of carbonyl (C=O) groups is 3. The third-order valence-corrected chi connectivity index (χ3v) is 7.20. The maximum Gasteiger partial charge on any atom is 0.309 e. The summed E-state index contributed by atoms with van der Waals surface area (Å²) in [6.45, 7) is 8.82. The van der Waals surface area contributed by atoms with E-state index in [1.807, 2.05) is 5.38 Å². The second-order valence-electron chi connectivity index (χ2n) is 10.9. The normalized spacial score (nSPS) is 12.1. The van der Waals surface area contributed by atoms with Crippen molar-refractivity contribution in [2.24, 2.45) is 10.8 Å². The van der Waals surface area contributed by atoms with Crippen molar-refractivity contribution in [3.8, 4) is 5.75 Å². The van der Waals surface area contributed by atoms with Crippen molar-refractivity contribution in [3.63, 3.8) is 0 Å². The molecule has 1 N–H and O–H groups in total. The van der Waals surface area contributed by atoms with E-state index >= 15 is 0 Å². The van der Waals surface area contributed by atoms with Crippen LogP contribution in [0.2, 0.25) is 5.02 Å². The summed E-state index contributed by atoms with van der Waals surface area (Å²) in [6, 6.07) is 9.92. The second-order valence-corrected chi connectivity index (χ2v) is 12.0. The monoisotopic (exact) mass is 552 g/mol. The molecular weight excluding hydrogens is 524 g/mol. The molecule has 0 aliphatic rings. The third-order valence-electron chi connectivity index (χ3n) is 6.31. The average molecular weight is 553 g/mol. The number of pyridine rings is 1. The van der Waals surface area contributed by atoms with Gasteiger partial charge in [-0.05, 0) is 56.2 Å². The number of thiazole rings is 1. The number of carboxylic acid groups (broad SMARTS) is 1. The van der Waals surface area contributed by atoms with Gasteiger partial charge in [-0.3, -0.25) is 14.4 Å². The van der Waals surface area contributed by atoms with Crippen LogP contribution in [0.3, 0.4) is 0 Å². The van der Waals surface area contributed by atoms with Gasteiger partial charge >= 0.3 is 5.97 Å². The summed E-state index contributed by atoms with van der Waals surface area (Å²) in [4.78, 5) is 44.2. The number of aromatic nitrogens is 2. The number of ether oxygens (including phenoxy) is 1. The topological polar surface area (TPSA) is 98.0 Å². The van der Waals surface area contributed by atoms with Crippen LogP contribution in [0.4, 0.5) is 0 Å². The van der Waals surface area contributed by atoms with Crippen LogP contribution in [0.15, 0.2) is 53.5 Å². The van der Waals surface area contributed by atoms with Crippen molar-refractivity contribution >= 4 is 46.0 Å². The highest BCUT2D eigenvalue weighted by Crippen LogP contribution is 2.37. The summed E-state index contributed by atoms with van der Waals surface area (Å²) in [5.41, 5.74) is 2.29. The molecule has 0 aliphatic carbocycles. The highest BCUT2D eigenvalue weighted by molar-refractivity contribution is 7.07. The van der Waals surface area contributed by atoms with Crippen molar-refractivity contribution in [2.45, 2.75) is 47.6 Å². The molecule has 0 fully saturated rings. The lowest BCUT2D eigenvalue weighted by atomic mass is 9.79. The predicted octanol–water partition coefficient (Wildman–Crippen LogP) is 6.74. The van der Waals surface area contributed by atoms with E-state index in [9.17, 15) is 19.5 Å². The summed E-state index contributed by atoms with van der Waals surface area (Å²) in [6.07, 6.45) is 1.66. The van der Waals surface area contributed by atoms with Crippen LogP contribution in [0, 0.1) is 10.8 Å². The number of benzene rings is 1. The van der Waals surface area contributed by atoms with Gasteiger partial charge in [0.1, 0.15) is 12.4 Å². The van der Waals surface area contributed by atoms with E-state index < -0.39 is 16.8 Å². The van der Waals surface area contributed by atoms with Crippen molar-refractivity contribution in [1.29, 1.82) is 0 Å². The number of carbonyl (C=O) groups excluding carboxylic acids is 2. The fourth-order valence-electron chi connectivity index (χ4n) is 4.15.